The molecule has 3 N–H and O–H groups in total. The van der Waals surface area contributed by atoms with Gasteiger partial charge in [0.2, 0.25) is 5.91 Å². The summed E-state index contributed by atoms with van der Waals surface area (Å²) < 4.78 is 48.0. The van der Waals surface area contributed by atoms with Crippen molar-refractivity contribution in [2.45, 2.75) is 32.1 Å². The summed E-state index contributed by atoms with van der Waals surface area (Å²) in [6.45, 7) is 5.30. The molecule has 218 valence electrons. The zero-order chi connectivity index (χ0) is 30.1. The van der Waals surface area contributed by atoms with Gasteiger partial charge in [0.05, 0.1) is 30.9 Å². The second-order valence-corrected chi connectivity index (χ2v) is 11.8. The molecule has 5 rings (SSSR count). The maximum atomic E-state index is 14.1. The molecule has 2 aromatic carbocycles. The Balaban J connectivity index is 1.36. The number of hydrogen-bond donors (Lipinski definition) is 2. The van der Waals surface area contributed by atoms with Crippen LogP contribution in [0.2, 0.25) is 0 Å². The summed E-state index contributed by atoms with van der Waals surface area (Å²) in [6, 6.07) is 14.4. The van der Waals surface area contributed by atoms with Crippen molar-refractivity contribution in [2.24, 2.45) is 0 Å². The van der Waals surface area contributed by atoms with Crippen molar-refractivity contribution in [3.05, 3.63) is 88.4 Å². The lowest BCUT2D eigenvalue weighted by atomic mass is 9.98. The number of amides is 2. The molecule has 2 amide bonds. The molecule has 1 fully saturated rings. The Morgan fingerprint density at radius 1 is 1.12 bits per heavy atom. The van der Waals surface area contributed by atoms with Crippen LogP contribution in [0.25, 0.3) is 27.3 Å². The van der Waals surface area contributed by atoms with E-state index in [1.54, 1.807) is 59.5 Å². The van der Waals surface area contributed by atoms with Gasteiger partial charge < -0.3 is 20.7 Å². The van der Waals surface area contributed by atoms with Gasteiger partial charge in [0.1, 0.15) is 5.82 Å². The van der Waals surface area contributed by atoms with E-state index in [-0.39, 0.29) is 17.2 Å². The van der Waals surface area contributed by atoms with E-state index in [9.17, 15) is 22.8 Å². The number of anilines is 1. The summed E-state index contributed by atoms with van der Waals surface area (Å²) in [5.41, 5.74) is 6.44. The van der Waals surface area contributed by atoms with Gasteiger partial charge in [-0.05, 0) is 84.5 Å². The first-order valence-corrected chi connectivity index (χ1v) is 14.0. The molecule has 0 saturated carbocycles. The molecule has 0 unspecified atom stereocenters. The van der Waals surface area contributed by atoms with Crippen LogP contribution in [0, 0.1) is 0 Å². The Morgan fingerprint density at radius 3 is 2.55 bits per heavy atom. The lowest BCUT2D eigenvalue weighted by Crippen LogP contribution is -2.55. The standard InChI is InChI=1S/C31H29F3N4O3S/c1-30(2)18-41-12-11-38(30)29(40)21-7-5-20(6-8-21)22-13-23-14-24(42-28(23)25(15-22)31(32,33)34)17-37-27(39)10-4-19-3-9-26(35)36-16-19/h3-10,13-16H,11-12,17-18H2,1-2H3,(H2,35,36)(H,37,39)/b10-4+. The van der Waals surface area contributed by atoms with Crippen molar-refractivity contribution in [1.29, 1.82) is 0 Å². The molecule has 2 aromatic heterocycles. The quantitative estimate of drug-likeness (QED) is 0.261. The molecule has 0 atom stereocenters. The minimum atomic E-state index is -4.58. The van der Waals surface area contributed by atoms with Crippen LogP contribution in [0.1, 0.15) is 40.2 Å². The Morgan fingerprint density at radius 2 is 1.88 bits per heavy atom. The van der Waals surface area contributed by atoms with Gasteiger partial charge >= 0.3 is 6.18 Å². The van der Waals surface area contributed by atoms with E-state index in [4.69, 9.17) is 10.5 Å². The van der Waals surface area contributed by atoms with E-state index in [2.05, 4.69) is 10.3 Å². The van der Waals surface area contributed by atoms with Crippen LogP contribution >= 0.6 is 11.3 Å². The van der Waals surface area contributed by atoms with Crippen molar-refractivity contribution in [2.75, 3.05) is 25.5 Å². The monoisotopic (exact) mass is 594 g/mol. The van der Waals surface area contributed by atoms with Gasteiger partial charge in [-0.1, -0.05) is 12.1 Å². The number of hydrogen-bond acceptors (Lipinski definition) is 6. The van der Waals surface area contributed by atoms with Gasteiger partial charge in [0, 0.05) is 34.0 Å². The molecule has 7 nitrogen and oxygen atoms in total. The number of benzene rings is 2. The van der Waals surface area contributed by atoms with Crippen molar-refractivity contribution in [1.82, 2.24) is 15.2 Å². The third-order valence-corrected chi connectivity index (χ3v) is 8.19. The number of pyridine rings is 1. The minimum absolute atomic E-state index is 0.0732. The number of aromatic nitrogens is 1. The molecule has 4 aromatic rings. The maximum absolute atomic E-state index is 14.1. The highest BCUT2D eigenvalue weighted by Crippen LogP contribution is 2.41. The van der Waals surface area contributed by atoms with Crippen LogP contribution in [-0.4, -0.2) is 47.0 Å². The molecule has 42 heavy (non-hydrogen) atoms. The van der Waals surface area contributed by atoms with Crippen LogP contribution in [-0.2, 0) is 22.3 Å². The lowest BCUT2D eigenvalue weighted by molar-refractivity contribution is -0.136. The number of nitrogens with one attached hydrogen (secondary N) is 1. The number of nitrogen functional groups attached to an aromatic ring is 1. The normalized spacial score (nSPS) is 15.3. The number of carbonyl (C=O) groups is 2. The largest absolute Gasteiger partial charge is 0.417 e. The molecule has 0 spiro atoms. The molecule has 1 aliphatic heterocycles. The van der Waals surface area contributed by atoms with Crippen molar-refractivity contribution in [3.63, 3.8) is 0 Å². The minimum Gasteiger partial charge on any atom is -0.384 e. The number of thiophene rings is 1. The van der Waals surface area contributed by atoms with Gasteiger partial charge in [0.25, 0.3) is 5.91 Å². The Labute approximate surface area is 244 Å². The van der Waals surface area contributed by atoms with Gasteiger partial charge in [-0.2, -0.15) is 13.2 Å². The van der Waals surface area contributed by atoms with Crippen molar-refractivity contribution >= 4 is 45.1 Å². The maximum Gasteiger partial charge on any atom is 0.417 e. The van der Waals surface area contributed by atoms with E-state index in [1.807, 2.05) is 13.8 Å². The van der Waals surface area contributed by atoms with E-state index in [1.165, 1.54) is 12.3 Å². The average Bonchev–Trinajstić information content (AvgIpc) is 3.37. The predicted molar refractivity (Wildman–Crippen MR) is 158 cm³/mol. The van der Waals surface area contributed by atoms with Gasteiger partial charge in [-0.3, -0.25) is 9.59 Å². The highest BCUT2D eigenvalue weighted by molar-refractivity contribution is 7.19. The molecule has 3 heterocycles. The molecule has 0 bridgehead atoms. The van der Waals surface area contributed by atoms with Crippen LogP contribution in [0.5, 0.6) is 0 Å². The van der Waals surface area contributed by atoms with Crippen molar-refractivity contribution < 1.29 is 27.5 Å². The first-order chi connectivity index (χ1) is 19.9. The van der Waals surface area contributed by atoms with Crippen molar-refractivity contribution in [3.8, 4) is 11.1 Å². The molecule has 1 saturated heterocycles. The predicted octanol–water partition coefficient (Wildman–Crippen LogP) is 6.14. The highest BCUT2D eigenvalue weighted by atomic mass is 32.1. The SMILES string of the molecule is CC1(C)COCCN1C(=O)c1ccc(-c2cc(C(F)(F)F)c3sc(CNC(=O)/C=C/c4ccc(N)nc4)cc3c2)cc1. The summed E-state index contributed by atoms with van der Waals surface area (Å²) in [7, 11) is 0. The number of morpholine rings is 1. The van der Waals surface area contributed by atoms with Gasteiger partial charge in [0.15, 0.2) is 0 Å². The summed E-state index contributed by atoms with van der Waals surface area (Å²) in [5, 5.41) is 3.13. The summed E-state index contributed by atoms with van der Waals surface area (Å²) in [4.78, 5) is 31.7. The Bertz CT molecular complexity index is 1650. The number of halogens is 3. The second kappa shape index (κ2) is 11.6. The summed E-state index contributed by atoms with van der Waals surface area (Å²) in [6.07, 6.45) is -0.152. The summed E-state index contributed by atoms with van der Waals surface area (Å²) in [5.74, 6) is -0.176. The number of rotatable bonds is 6. The molecular weight excluding hydrogens is 565 g/mol. The van der Waals surface area contributed by atoms with Gasteiger partial charge in [-0.15, -0.1) is 11.3 Å². The molecular formula is C31H29F3N4O3S. The zero-order valence-electron chi connectivity index (χ0n) is 23.0. The Hall–Kier alpha value is -4.22. The topological polar surface area (TPSA) is 97.5 Å². The third kappa shape index (κ3) is 6.47. The fourth-order valence-electron chi connectivity index (χ4n) is 4.79. The first kappa shape index (κ1) is 29.3. The van der Waals surface area contributed by atoms with Crippen LogP contribution < -0.4 is 11.1 Å². The molecule has 0 aliphatic carbocycles. The van der Waals surface area contributed by atoms with E-state index < -0.39 is 23.2 Å². The summed E-state index contributed by atoms with van der Waals surface area (Å²) >= 11 is 0.992. The highest BCUT2D eigenvalue weighted by Gasteiger charge is 2.35. The van der Waals surface area contributed by atoms with E-state index in [0.717, 1.165) is 17.4 Å². The number of nitrogens with zero attached hydrogens (tertiary/aromatic N) is 2. The molecule has 11 heteroatoms. The number of ether oxygens (including phenoxy) is 1. The van der Waals surface area contributed by atoms with Crippen LogP contribution in [0.3, 0.4) is 0 Å². The first-order valence-electron chi connectivity index (χ1n) is 13.2. The molecule has 1 aliphatic rings. The Kier molecular flexibility index (Phi) is 8.07. The van der Waals surface area contributed by atoms with E-state index >= 15 is 0 Å². The fourth-order valence-corrected chi connectivity index (χ4v) is 5.90. The zero-order valence-corrected chi connectivity index (χ0v) is 23.8. The van der Waals surface area contributed by atoms with Crippen LogP contribution in [0.4, 0.5) is 19.0 Å². The number of carbonyl (C=O) groups excluding carboxylic acids is 2. The fraction of sp³-hybridized carbons (Fsp3) is 0.258. The second-order valence-electron chi connectivity index (χ2n) is 10.6. The average molecular weight is 595 g/mol. The number of nitrogens with two attached hydrogens (primary N) is 1. The van der Waals surface area contributed by atoms with E-state index in [0.29, 0.717) is 58.1 Å². The van der Waals surface area contributed by atoms with Gasteiger partial charge in [-0.25, -0.2) is 4.98 Å². The number of fused-ring (bicyclic) bond motifs is 1. The smallest absolute Gasteiger partial charge is 0.384 e. The molecule has 0 radical (unpaired) electrons. The van der Waals surface area contributed by atoms with Crippen LogP contribution in [0.15, 0.2) is 66.9 Å². The lowest BCUT2D eigenvalue weighted by Gasteiger charge is -2.42. The number of alkyl halides is 3. The third-order valence-electron chi connectivity index (χ3n) is 7.00.